The SMILES string of the molecule is O=[N+]([O-])c1c(O)ncnc1O. The van der Waals surface area contributed by atoms with Gasteiger partial charge in [0.2, 0.25) is 0 Å². The van der Waals surface area contributed by atoms with Crippen LogP contribution in [0.1, 0.15) is 0 Å². The molecular formula is C4H3N3O4. The first kappa shape index (κ1) is 7.19. The van der Waals surface area contributed by atoms with E-state index in [1.54, 1.807) is 0 Å². The minimum atomic E-state index is -0.968. The van der Waals surface area contributed by atoms with Crippen LogP contribution in [0.2, 0.25) is 0 Å². The predicted octanol–water partition coefficient (Wildman–Crippen LogP) is -0.204. The summed E-state index contributed by atoms with van der Waals surface area (Å²) in [5, 5.41) is 27.5. The van der Waals surface area contributed by atoms with Gasteiger partial charge in [-0.15, -0.1) is 0 Å². The summed E-state index contributed by atoms with van der Waals surface area (Å²) in [5.41, 5.74) is -0.882. The van der Waals surface area contributed by atoms with Gasteiger partial charge in [0, 0.05) is 0 Å². The lowest BCUT2D eigenvalue weighted by molar-refractivity contribution is -0.387. The highest BCUT2D eigenvalue weighted by Crippen LogP contribution is 2.29. The molecule has 1 aromatic rings. The Balaban J connectivity index is 3.32. The largest absolute Gasteiger partial charge is 0.488 e. The molecule has 0 aliphatic rings. The van der Waals surface area contributed by atoms with E-state index < -0.39 is 22.4 Å². The van der Waals surface area contributed by atoms with Gasteiger partial charge in [0.1, 0.15) is 6.33 Å². The highest BCUT2D eigenvalue weighted by atomic mass is 16.6. The quantitative estimate of drug-likeness (QED) is 0.431. The molecule has 7 heteroatoms. The fourth-order valence-corrected chi connectivity index (χ4v) is 0.524. The van der Waals surface area contributed by atoms with E-state index in [2.05, 4.69) is 9.97 Å². The molecule has 11 heavy (non-hydrogen) atoms. The molecule has 7 nitrogen and oxygen atoms in total. The summed E-state index contributed by atoms with van der Waals surface area (Å²) in [4.78, 5) is 15.3. The molecule has 0 aliphatic carbocycles. The molecule has 0 fully saturated rings. The fraction of sp³-hybridized carbons (Fsp3) is 0. The zero-order chi connectivity index (χ0) is 8.43. The van der Waals surface area contributed by atoms with E-state index in [0.717, 1.165) is 6.33 Å². The van der Waals surface area contributed by atoms with E-state index in [4.69, 9.17) is 10.2 Å². The second-order valence-corrected chi connectivity index (χ2v) is 1.63. The van der Waals surface area contributed by atoms with Gasteiger partial charge in [-0.3, -0.25) is 10.1 Å². The Kier molecular flexibility index (Phi) is 1.55. The lowest BCUT2D eigenvalue weighted by atomic mass is 10.5. The van der Waals surface area contributed by atoms with Gasteiger partial charge in [0.15, 0.2) is 0 Å². The van der Waals surface area contributed by atoms with E-state index in [-0.39, 0.29) is 0 Å². The van der Waals surface area contributed by atoms with Crippen molar-refractivity contribution in [1.29, 1.82) is 0 Å². The summed E-state index contributed by atoms with van der Waals surface area (Å²) < 4.78 is 0. The number of nitro groups is 1. The maximum absolute atomic E-state index is 10.0. The second kappa shape index (κ2) is 2.37. The van der Waals surface area contributed by atoms with E-state index >= 15 is 0 Å². The maximum Gasteiger partial charge on any atom is 0.391 e. The van der Waals surface area contributed by atoms with Crippen LogP contribution in [0.4, 0.5) is 5.69 Å². The molecule has 0 atom stereocenters. The fourth-order valence-electron chi connectivity index (χ4n) is 0.524. The van der Waals surface area contributed by atoms with Crippen LogP contribution in [0.3, 0.4) is 0 Å². The van der Waals surface area contributed by atoms with E-state index in [1.165, 1.54) is 0 Å². The van der Waals surface area contributed by atoms with Crippen LogP contribution in [0.5, 0.6) is 11.8 Å². The highest BCUT2D eigenvalue weighted by Gasteiger charge is 2.21. The van der Waals surface area contributed by atoms with Crippen molar-refractivity contribution in [3.63, 3.8) is 0 Å². The molecule has 0 aromatic carbocycles. The van der Waals surface area contributed by atoms with E-state index in [9.17, 15) is 10.1 Å². The molecule has 2 N–H and O–H groups in total. The topological polar surface area (TPSA) is 109 Å². The molecule has 1 aromatic heterocycles. The third-order valence-corrected chi connectivity index (χ3v) is 0.966. The molecule has 0 spiro atoms. The summed E-state index contributed by atoms with van der Waals surface area (Å²) in [6, 6.07) is 0. The molecule has 0 saturated heterocycles. The molecule has 1 heterocycles. The van der Waals surface area contributed by atoms with Crippen LogP contribution in [-0.4, -0.2) is 25.1 Å². The van der Waals surface area contributed by atoms with Crippen LogP contribution < -0.4 is 0 Å². The molecular weight excluding hydrogens is 154 g/mol. The molecule has 0 radical (unpaired) electrons. The van der Waals surface area contributed by atoms with Gasteiger partial charge in [0.05, 0.1) is 4.92 Å². The third-order valence-electron chi connectivity index (χ3n) is 0.966. The van der Waals surface area contributed by atoms with Crippen molar-refractivity contribution >= 4 is 5.69 Å². The van der Waals surface area contributed by atoms with Crippen LogP contribution in [-0.2, 0) is 0 Å². The van der Waals surface area contributed by atoms with Crippen LogP contribution in [0.25, 0.3) is 0 Å². The second-order valence-electron chi connectivity index (χ2n) is 1.63. The van der Waals surface area contributed by atoms with Gasteiger partial charge >= 0.3 is 5.69 Å². The Morgan fingerprint density at radius 2 is 1.82 bits per heavy atom. The van der Waals surface area contributed by atoms with Crippen LogP contribution in [0.15, 0.2) is 6.33 Å². The van der Waals surface area contributed by atoms with Gasteiger partial charge in [-0.2, -0.15) is 9.97 Å². The lowest BCUT2D eigenvalue weighted by Crippen LogP contribution is -1.92. The summed E-state index contributed by atoms with van der Waals surface area (Å²) in [5.74, 6) is -1.69. The average Bonchev–Trinajstić information content (AvgIpc) is 1.85. The van der Waals surface area contributed by atoms with Gasteiger partial charge in [-0.05, 0) is 0 Å². The van der Waals surface area contributed by atoms with Crippen molar-refractivity contribution in [2.24, 2.45) is 0 Å². The summed E-state index contributed by atoms with van der Waals surface area (Å²) in [7, 11) is 0. The van der Waals surface area contributed by atoms with Gasteiger partial charge in [-0.1, -0.05) is 0 Å². The molecule has 0 amide bonds. The molecule has 0 unspecified atom stereocenters. The monoisotopic (exact) mass is 157 g/mol. The standard InChI is InChI=1S/C4H3N3O4/c8-3-2(7(10)11)4(9)6-1-5-3/h1H,(H2,5,6,8,9). The van der Waals surface area contributed by atoms with E-state index in [1.807, 2.05) is 0 Å². The Hall–Kier alpha value is -1.92. The molecule has 0 saturated carbocycles. The van der Waals surface area contributed by atoms with Crippen molar-refractivity contribution in [1.82, 2.24) is 9.97 Å². The van der Waals surface area contributed by atoms with Crippen molar-refractivity contribution in [3.05, 3.63) is 16.4 Å². The first-order valence-corrected chi connectivity index (χ1v) is 2.50. The highest BCUT2D eigenvalue weighted by molar-refractivity contribution is 5.46. The maximum atomic E-state index is 10.0. The number of aromatic nitrogens is 2. The minimum Gasteiger partial charge on any atom is -0.488 e. The first-order valence-electron chi connectivity index (χ1n) is 2.50. The van der Waals surface area contributed by atoms with Crippen molar-refractivity contribution < 1.29 is 15.1 Å². The Labute approximate surface area is 60.1 Å². The average molecular weight is 157 g/mol. The number of hydrogen-bond donors (Lipinski definition) is 2. The Morgan fingerprint density at radius 1 is 1.36 bits per heavy atom. The number of rotatable bonds is 1. The normalized spacial score (nSPS) is 9.45. The first-order chi connectivity index (χ1) is 5.13. The summed E-state index contributed by atoms with van der Waals surface area (Å²) in [6.07, 6.45) is 0.817. The van der Waals surface area contributed by atoms with Crippen molar-refractivity contribution in [2.75, 3.05) is 0 Å². The summed E-state index contributed by atoms with van der Waals surface area (Å²) >= 11 is 0. The minimum absolute atomic E-state index is 0.817. The van der Waals surface area contributed by atoms with Crippen molar-refractivity contribution in [3.8, 4) is 11.8 Å². The third kappa shape index (κ3) is 1.16. The van der Waals surface area contributed by atoms with Gasteiger partial charge in [0.25, 0.3) is 11.8 Å². The zero-order valence-electron chi connectivity index (χ0n) is 5.13. The van der Waals surface area contributed by atoms with Crippen LogP contribution >= 0.6 is 0 Å². The Bertz CT molecular complexity index is 279. The van der Waals surface area contributed by atoms with Crippen molar-refractivity contribution in [2.45, 2.75) is 0 Å². The number of aromatic hydroxyl groups is 2. The molecule has 1 rings (SSSR count). The molecule has 0 bridgehead atoms. The van der Waals surface area contributed by atoms with Gasteiger partial charge < -0.3 is 10.2 Å². The lowest BCUT2D eigenvalue weighted by Gasteiger charge is -1.93. The predicted molar refractivity (Wildman–Crippen MR) is 32.0 cm³/mol. The van der Waals surface area contributed by atoms with Gasteiger partial charge in [-0.25, -0.2) is 0 Å². The van der Waals surface area contributed by atoms with E-state index in [0.29, 0.717) is 0 Å². The molecule has 58 valence electrons. The van der Waals surface area contributed by atoms with Crippen LogP contribution in [0, 0.1) is 10.1 Å². The smallest absolute Gasteiger partial charge is 0.391 e. The molecule has 0 aliphatic heterocycles. The number of hydrogen-bond acceptors (Lipinski definition) is 6. The summed E-state index contributed by atoms with van der Waals surface area (Å²) in [6.45, 7) is 0. The Morgan fingerprint density at radius 3 is 2.09 bits per heavy atom. The number of nitrogens with zero attached hydrogens (tertiary/aromatic N) is 3. The zero-order valence-corrected chi connectivity index (χ0v) is 5.13.